The summed E-state index contributed by atoms with van der Waals surface area (Å²) >= 11 is 0. The average molecular weight is 242 g/mol. The Bertz CT molecular complexity index is 463. The Morgan fingerprint density at radius 1 is 1.25 bits per heavy atom. The van der Waals surface area contributed by atoms with Crippen molar-refractivity contribution in [2.24, 2.45) is 4.40 Å². The minimum Gasteiger partial charge on any atom is -0.497 e. The van der Waals surface area contributed by atoms with Crippen LogP contribution >= 0.6 is 0 Å². The van der Waals surface area contributed by atoms with Gasteiger partial charge in [0.1, 0.15) is 12.1 Å². The average Bonchev–Trinajstić information content (AvgIpc) is 2.27. The van der Waals surface area contributed by atoms with Gasteiger partial charge in [0.25, 0.3) is 10.0 Å². The predicted molar refractivity (Wildman–Crippen MR) is 62.4 cm³/mol. The van der Waals surface area contributed by atoms with Gasteiger partial charge in [-0.2, -0.15) is 8.42 Å². The molecule has 0 spiro atoms. The van der Waals surface area contributed by atoms with E-state index in [4.69, 9.17) is 4.74 Å². The molecule has 0 amide bonds. The molecule has 0 aliphatic rings. The lowest BCUT2D eigenvalue weighted by atomic mass is 10.3. The molecular weight excluding hydrogens is 228 g/mol. The molecule has 1 rings (SSSR count). The van der Waals surface area contributed by atoms with Gasteiger partial charge in [-0.25, -0.2) is 0 Å². The molecule has 0 unspecified atom stereocenters. The lowest BCUT2D eigenvalue weighted by Gasteiger charge is -2.04. The number of methoxy groups -OCH3 is 1. The fraction of sp³-hybridized carbons (Fsp3) is 0.300. The molecule has 0 aliphatic carbocycles. The van der Waals surface area contributed by atoms with Gasteiger partial charge in [0.15, 0.2) is 0 Å². The second-order valence-electron chi connectivity index (χ2n) is 3.34. The van der Waals surface area contributed by atoms with Crippen LogP contribution < -0.4 is 4.74 Å². The first kappa shape index (κ1) is 12.5. The number of hydrogen-bond donors (Lipinski definition) is 0. The standard InChI is InChI=1S/C10H14N2O3S/c1-12(2)8-11-16(13,14)10-6-4-9(15-3)5-7-10/h4-8H,1-3H3/b11-8+. The Labute approximate surface area is 95.4 Å². The molecule has 0 heterocycles. The zero-order valence-electron chi connectivity index (χ0n) is 9.41. The van der Waals surface area contributed by atoms with E-state index >= 15 is 0 Å². The van der Waals surface area contributed by atoms with E-state index in [0.717, 1.165) is 0 Å². The van der Waals surface area contributed by atoms with Crippen LogP contribution in [0.5, 0.6) is 5.75 Å². The van der Waals surface area contributed by atoms with Crippen molar-refractivity contribution in [3.05, 3.63) is 24.3 Å². The Morgan fingerprint density at radius 2 is 1.81 bits per heavy atom. The van der Waals surface area contributed by atoms with Gasteiger partial charge < -0.3 is 9.64 Å². The Balaban J connectivity index is 2.99. The van der Waals surface area contributed by atoms with Crippen LogP contribution in [0.3, 0.4) is 0 Å². The van der Waals surface area contributed by atoms with E-state index in [1.807, 2.05) is 0 Å². The van der Waals surface area contributed by atoms with E-state index in [9.17, 15) is 8.42 Å². The van der Waals surface area contributed by atoms with Crippen LogP contribution in [0.15, 0.2) is 33.6 Å². The molecule has 0 fully saturated rings. The number of rotatable bonds is 4. The van der Waals surface area contributed by atoms with Crippen molar-refractivity contribution in [2.75, 3.05) is 21.2 Å². The number of benzene rings is 1. The van der Waals surface area contributed by atoms with Crippen LogP contribution in [-0.2, 0) is 10.0 Å². The molecule has 0 atom stereocenters. The summed E-state index contributed by atoms with van der Waals surface area (Å²) in [7, 11) is 1.32. The molecule has 1 aromatic carbocycles. The molecule has 0 N–H and O–H groups in total. The molecule has 0 bridgehead atoms. The smallest absolute Gasteiger partial charge is 0.283 e. The first-order chi connectivity index (χ1) is 7.45. The Kier molecular flexibility index (Phi) is 3.89. The van der Waals surface area contributed by atoms with Gasteiger partial charge in [0, 0.05) is 14.1 Å². The van der Waals surface area contributed by atoms with E-state index in [1.54, 1.807) is 31.1 Å². The molecule has 6 heteroatoms. The van der Waals surface area contributed by atoms with Crippen molar-refractivity contribution in [3.63, 3.8) is 0 Å². The van der Waals surface area contributed by atoms with Crippen molar-refractivity contribution in [3.8, 4) is 5.75 Å². The van der Waals surface area contributed by atoms with Gasteiger partial charge in [0.05, 0.1) is 12.0 Å². The highest BCUT2D eigenvalue weighted by atomic mass is 32.2. The van der Waals surface area contributed by atoms with Crippen LogP contribution in [0.2, 0.25) is 0 Å². The number of ether oxygens (including phenoxy) is 1. The summed E-state index contributed by atoms with van der Waals surface area (Å²) in [6, 6.07) is 6.08. The van der Waals surface area contributed by atoms with Gasteiger partial charge in [-0.15, -0.1) is 4.40 Å². The summed E-state index contributed by atoms with van der Waals surface area (Å²) in [5, 5.41) is 0. The van der Waals surface area contributed by atoms with E-state index in [0.29, 0.717) is 5.75 Å². The Morgan fingerprint density at radius 3 is 2.25 bits per heavy atom. The molecule has 5 nitrogen and oxygen atoms in total. The van der Waals surface area contributed by atoms with Gasteiger partial charge >= 0.3 is 0 Å². The minimum absolute atomic E-state index is 0.145. The number of sulfonamides is 1. The highest BCUT2D eigenvalue weighted by molar-refractivity contribution is 7.90. The zero-order valence-corrected chi connectivity index (χ0v) is 10.2. The third-order valence-electron chi connectivity index (χ3n) is 1.77. The highest BCUT2D eigenvalue weighted by Crippen LogP contribution is 2.16. The third-order valence-corrected chi connectivity index (χ3v) is 3.01. The summed E-state index contributed by atoms with van der Waals surface area (Å²) < 4.78 is 31.8. The first-order valence-corrected chi connectivity index (χ1v) is 6.00. The van der Waals surface area contributed by atoms with Gasteiger partial charge in [-0.05, 0) is 24.3 Å². The van der Waals surface area contributed by atoms with Gasteiger partial charge in [0.2, 0.25) is 0 Å². The molecule has 88 valence electrons. The highest BCUT2D eigenvalue weighted by Gasteiger charge is 2.11. The Hall–Kier alpha value is -1.56. The topological polar surface area (TPSA) is 59.0 Å². The van der Waals surface area contributed by atoms with Crippen molar-refractivity contribution < 1.29 is 13.2 Å². The molecule has 0 radical (unpaired) electrons. The largest absolute Gasteiger partial charge is 0.497 e. The van der Waals surface area contributed by atoms with Crippen molar-refractivity contribution in [2.45, 2.75) is 4.90 Å². The number of nitrogens with zero attached hydrogens (tertiary/aromatic N) is 2. The maximum absolute atomic E-state index is 11.7. The van der Waals surface area contributed by atoms with Crippen LogP contribution in [0, 0.1) is 0 Å². The molecule has 0 aromatic heterocycles. The summed E-state index contributed by atoms with van der Waals surface area (Å²) in [6.45, 7) is 0. The van der Waals surface area contributed by atoms with E-state index in [2.05, 4.69) is 4.40 Å². The van der Waals surface area contributed by atoms with E-state index < -0.39 is 10.0 Å². The van der Waals surface area contributed by atoms with Crippen molar-refractivity contribution in [1.82, 2.24) is 4.90 Å². The van der Waals surface area contributed by atoms with Crippen LogP contribution in [-0.4, -0.2) is 40.9 Å². The van der Waals surface area contributed by atoms with E-state index in [-0.39, 0.29) is 4.90 Å². The van der Waals surface area contributed by atoms with Crippen molar-refractivity contribution >= 4 is 16.4 Å². The zero-order chi connectivity index (χ0) is 12.2. The minimum atomic E-state index is -3.61. The lowest BCUT2D eigenvalue weighted by molar-refractivity contribution is 0.414. The SMILES string of the molecule is COc1ccc(S(=O)(=O)/N=C/N(C)C)cc1. The monoisotopic (exact) mass is 242 g/mol. The molecule has 0 aliphatic heterocycles. The van der Waals surface area contributed by atoms with E-state index in [1.165, 1.54) is 25.6 Å². The molecule has 0 saturated heterocycles. The van der Waals surface area contributed by atoms with Crippen LogP contribution in [0.25, 0.3) is 0 Å². The third kappa shape index (κ3) is 3.23. The maximum atomic E-state index is 11.7. The fourth-order valence-electron chi connectivity index (χ4n) is 0.965. The molecular formula is C10H14N2O3S. The summed E-state index contributed by atoms with van der Waals surface area (Å²) in [5.41, 5.74) is 0. The predicted octanol–water partition coefficient (Wildman–Crippen LogP) is 0.974. The van der Waals surface area contributed by atoms with Crippen molar-refractivity contribution in [1.29, 1.82) is 0 Å². The maximum Gasteiger partial charge on any atom is 0.283 e. The lowest BCUT2D eigenvalue weighted by Crippen LogP contribution is -2.10. The second kappa shape index (κ2) is 4.98. The quantitative estimate of drug-likeness (QED) is 0.583. The summed E-state index contributed by atoms with van der Waals surface area (Å²) in [6.07, 6.45) is 1.25. The molecule has 1 aromatic rings. The normalized spacial score (nSPS) is 11.7. The molecule has 16 heavy (non-hydrogen) atoms. The van der Waals surface area contributed by atoms with Gasteiger partial charge in [-0.3, -0.25) is 0 Å². The number of hydrogen-bond acceptors (Lipinski definition) is 3. The fourth-order valence-corrected chi connectivity index (χ4v) is 1.88. The van der Waals surface area contributed by atoms with Crippen LogP contribution in [0.4, 0.5) is 0 Å². The van der Waals surface area contributed by atoms with Crippen LogP contribution in [0.1, 0.15) is 0 Å². The second-order valence-corrected chi connectivity index (χ2v) is 4.97. The molecule has 0 saturated carbocycles. The summed E-state index contributed by atoms with van der Waals surface area (Å²) in [4.78, 5) is 1.70. The summed E-state index contributed by atoms with van der Waals surface area (Å²) in [5.74, 6) is 0.607. The van der Waals surface area contributed by atoms with Gasteiger partial charge in [-0.1, -0.05) is 0 Å². The first-order valence-electron chi connectivity index (χ1n) is 4.56.